The maximum absolute atomic E-state index is 10.7. The van der Waals surface area contributed by atoms with Crippen LogP contribution in [0, 0.1) is 6.92 Å². The minimum atomic E-state index is -0.959. The summed E-state index contributed by atoms with van der Waals surface area (Å²) in [6, 6.07) is 5.15. The third-order valence-corrected chi connectivity index (χ3v) is 2.35. The van der Waals surface area contributed by atoms with Gasteiger partial charge < -0.3 is 15.8 Å². The van der Waals surface area contributed by atoms with Gasteiger partial charge in [0.25, 0.3) is 0 Å². The molecule has 0 unspecified atom stereocenters. The highest BCUT2D eigenvalue weighted by Crippen LogP contribution is 2.23. The van der Waals surface area contributed by atoms with Gasteiger partial charge in [-0.2, -0.15) is 0 Å². The van der Waals surface area contributed by atoms with Gasteiger partial charge in [0.05, 0.1) is 0 Å². The number of nitrogen functional groups attached to an aromatic ring is 1. The summed E-state index contributed by atoms with van der Waals surface area (Å²) in [6.07, 6.45) is 0. The van der Waals surface area contributed by atoms with E-state index in [0.717, 1.165) is 16.5 Å². The van der Waals surface area contributed by atoms with Crippen LogP contribution in [-0.4, -0.2) is 16.1 Å². The van der Waals surface area contributed by atoms with E-state index in [-0.39, 0.29) is 18.1 Å². The third kappa shape index (κ3) is 1.76. The third-order valence-electron chi connectivity index (χ3n) is 2.35. The molecule has 0 bridgehead atoms. The van der Waals surface area contributed by atoms with Crippen LogP contribution in [0.3, 0.4) is 0 Å². The van der Waals surface area contributed by atoms with Gasteiger partial charge in [-0.25, -0.2) is 4.79 Å². The second-order valence-electron chi connectivity index (χ2n) is 3.23. The summed E-state index contributed by atoms with van der Waals surface area (Å²) in [7, 11) is 0. The molecule has 15 heavy (non-hydrogen) atoms. The number of aryl methyl sites for hydroxylation is 1. The van der Waals surface area contributed by atoms with Gasteiger partial charge in [0.1, 0.15) is 5.69 Å². The highest BCUT2D eigenvalue weighted by molar-refractivity contribution is 5.96. The normalized spacial score (nSPS) is 9.93. The number of nitrogens with two attached hydrogens (primary N) is 1. The summed E-state index contributed by atoms with van der Waals surface area (Å²) in [5.41, 5.74) is 8.28. The molecular weight excluding hydrogens is 216 g/mol. The van der Waals surface area contributed by atoms with Crippen LogP contribution in [0.2, 0.25) is 0 Å². The first kappa shape index (κ1) is 11.4. The number of hydrogen-bond donors (Lipinski definition) is 3. The summed E-state index contributed by atoms with van der Waals surface area (Å²) >= 11 is 0. The largest absolute Gasteiger partial charge is 0.477 e. The van der Waals surface area contributed by atoms with Gasteiger partial charge >= 0.3 is 5.97 Å². The molecule has 0 aliphatic rings. The number of H-pyrrole nitrogens is 1. The number of benzene rings is 1. The van der Waals surface area contributed by atoms with Crippen LogP contribution in [0.4, 0.5) is 5.69 Å². The number of carboxylic acids is 1. The Morgan fingerprint density at radius 3 is 2.73 bits per heavy atom. The fourth-order valence-corrected chi connectivity index (χ4v) is 1.48. The van der Waals surface area contributed by atoms with Crippen LogP contribution < -0.4 is 5.73 Å². The Bertz CT molecular complexity index is 519. The molecule has 1 aromatic heterocycles. The number of fused-ring (bicyclic) bond motifs is 1. The van der Waals surface area contributed by atoms with Gasteiger partial charge in [-0.15, -0.1) is 12.4 Å². The van der Waals surface area contributed by atoms with E-state index in [1.54, 1.807) is 18.2 Å². The standard InChI is InChI=1S/C10H10N2O2.ClH/c1-5-6-4-9(10(13)14)12-8(6)3-2-7(5)11;/h2-4,12H,11H2,1H3,(H,13,14);1H. The molecule has 4 nitrogen and oxygen atoms in total. The Balaban J connectivity index is 0.00000112. The highest BCUT2D eigenvalue weighted by atomic mass is 35.5. The molecule has 1 heterocycles. The molecule has 0 fully saturated rings. The predicted octanol–water partition coefficient (Wildman–Crippen LogP) is 2.18. The molecule has 0 amide bonds. The van der Waals surface area contributed by atoms with Crippen LogP contribution in [0.25, 0.3) is 10.9 Å². The molecule has 0 aliphatic carbocycles. The quantitative estimate of drug-likeness (QED) is 0.652. The number of halogens is 1. The molecule has 0 spiro atoms. The van der Waals surface area contributed by atoms with Crippen LogP contribution in [0.1, 0.15) is 16.1 Å². The van der Waals surface area contributed by atoms with Crippen molar-refractivity contribution in [3.05, 3.63) is 29.5 Å². The average molecular weight is 227 g/mol. The van der Waals surface area contributed by atoms with E-state index < -0.39 is 5.97 Å². The summed E-state index contributed by atoms with van der Waals surface area (Å²) in [5, 5.41) is 9.65. The average Bonchev–Trinajstić information content (AvgIpc) is 2.56. The van der Waals surface area contributed by atoms with E-state index >= 15 is 0 Å². The van der Waals surface area contributed by atoms with E-state index in [4.69, 9.17) is 10.8 Å². The van der Waals surface area contributed by atoms with E-state index in [2.05, 4.69) is 4.98 Å². The molecule has 0 atom stereocenters. The molecule has 0 saturated carbocycles. The first-order valence-electron chi connectivity index (χ1n) is 4.20. The van der Waals surface area contributed by atoms with Gasteiger partial charge in [-0.05, 0) is 30.7 Å². The van der Waals surface area contributed by atoms with Crippen molar-refractivity contribution in [2.45, 2.75) is 6.92 Å². The topological polar surface area (TPSA) is 79.1 Å². The number of rotatable bonds is 1. The lowest BCUT2D eigenvalue weighted by atomic mass is 10.1. The molecule has 4 N–H and O–H groups in total. The Labute approximate surface area is 92.5 Å². The van der Waals surface area contributed by atoms with Crippen LogP contribution in [-0.2, 0) is 0 Å². The monoisotopic (exact) mass is 226 g/mol. The van der Waals surface area contributed by atoms with Crippen molar-refractivity contribution >= 4 is 35.0 Å². The number of anilines is 1. The van der Waals surface area contributed by atoms with Crippen molar-refractivity contribution < 1.29 is 9.90 Å². The van der Waals surface area contributed by atoms with E-state index in [0.29, 0.717) is 5.69 Å². The SMILES string of the molecule is Cc1c(N)ccc2[nH]c(C(=O)O)cc12.Cl. The van der Waals surface area contributed by atoms with Gasteiger partial charge in [0.2, 0.25) is 0 Å². The number of aromatic carboxylic acids is 1. The maximum Gasteiger partial charge on any atom is 0.352 e. The zero-order valence-electron chi connectivity index (χ0n) is 8.07. The smallest absolute Gasteiger partial charge is 0.352 e. The summed E-state index contributed by atoms with van der Waals surface area (Å²) in [6.45, 7) is 1.87. The van der Waals surface area contributed by atoms with Gasteiger partial charge in [-0.3, -0.25) is 0 Å². The number of nitrogens with one attached hydrogen (secondary N) is 1. The van der Waals surface area contributed by atoms with Crippen LogP contribution in [0.15, 0.2) is 18.2 Å². The molecule has 2 aromatic rings. The molecule has 0 aliphatic heterocycles. The number of carbonyl (C=O) groups is 1. The molecule has 0 radical (unpaired) electrons. The Morgan fingerprint density at radius 2 is 2.13 bits per heavy atom. The van der Waals surface area contributed by atoms with Crippen molar-refractivity contribution in [1.82, 2.24) is 4.98 Å². The second-order valence-corrected chi connectivity index (χ2v) is 3.23. The lowest BCUT2D eigenvalue weighted by Gasteiger charge is -1.99. The fourth-order valence-electron chi connectivity index (χ4n) is 1.48. The number of carboxylic acid groups (broad SMARTS) is 1. The van der Waals surface area contributed by atoms with Crippen molar-refractivity contribution in [2.24, 2.45) is 0 Å². The summed E-state index contributed by atoms with van der Waals surface area (Å²) in [5.74, 6) is -0.959. The lowest BCUT2D eigenvalue weighted by Crippen LogP contribution is -1.94. The Morgan fingerprint density at radius 1 is 1.47 bits per heavy atom. The molecule has 2 rings (SSSR count). The lowest BCUT2D eigenvalue weighted by molar-refractivity contribution is 0.0691. The summed E-state index contributed by atoms with van der Waals surface area (Å²) < 4.78 is 0. The minimum absolute atomic E-state index is 0. The number of hydrogen-bond acceptors (Lipinski definition) is 2. The molecule has 80 valence electrons. The minimum Gasteiger partial charge on any atom is -0.477 e. The first-order chi connectivity index (χ1) is 6.59. The van der Waals surface area contributed by atoms with Crippen molar-refractivity contribution in [3.8, 4) is 0 Å². The van der Waals surface area contributed by atoms with Gasteiger partial charge in [0.15, 0.2) is 0 Å². The molecule has 5 heteroatoms. The van der Waals surface area contributed by atoms with Crippen molar-refractivity contribution in [2.75, 3.05) is 5.73 Å². The van der Waals surface area contributed by atoms with E-state index in [1.807, 2.05) is 6.92 Å². The predicted molar refractivity (Wildman–Crippen MR) is 61.7 cm³/mol. The Hall–Kier alpha value is -1.68. The first-order valence-corrected chi connectivity index (χ1v) is 4.20. The van der Waals surface area contributed by atoms with Crippen LogP contribution in [0.5, 0.6) is 0 Å². The van der Waals surface area contributed by atoms with Crippen LogP contribution >= 0.6 is 12.4 Å². The Kier molecular flexibility index (Phi) is 2.90. The van der Waals surface area contributed by atoms with E-state index in [1.165, 1.54) is 0 Å². The number of aromatic nitrogens is 1. The zero-order chi connectivity index (χ0) is 10.3. The maximum atomic E-state index is 10.7. The van der Waals surface area contributed by atoms with Gasteiger partial charge in [0, 0.05) is 16.6 Å². The number of aromatic amines is 1. The highest BCUT2D eigenvalue weighted by Gasteiger charge is 2.09. The molecule has 0 saturated heterocycles. The molecular formula is C10H11ClN2O2. The fraction of sp³-hybridized carbons (Fsp3) is 0.100. The van der Waals surface area contributed by atoms with Crippen molar-refractivity contribution in [1.29, 1.82) is 0 Å². The van der Waals surface area contributed by atoms with E-state index in [9.17, 15) is 4.79 Å². The second kappa shape index (κ2) is 3.82. The summed E-state index contributed by atoms with van der Waals surface area (Å²) in [4.78, 5) is 13.5. The zero-order valence-corrected chi connectivity index (χ0v) is 8.89. The molecule has 1 aromatic carbocycles. The van der Waals surface area contributed by atoms with Gasteiger partial charge in [-0.1, -0.05) is 0 Å². The van der Waals surface area contributed by atoms with Crippen molar-refractivity contribution in [3.63, 3.8) is 0 Å².